The van der Waals surface area contributed by atoms with E-state index >= 15 is 0 Å². The molecular formula is C18H23N3O3S. The molecule has 1 fully saturated rings. The van der Waals surface area contributed by atoms with Crippen LogP contribution in [0.4, 0.5) is 0 Å². The van der Waals surface area contributed by atoms with Crippen LogP contribution in [0.1, 0.15) is 43.0 Å². The van der Waals surface area contributed by atoms with E-state index in [-0.39, 0.29) is 11.6 Å². The molecule has 1 aromatic heterocycles. The minimum Gasteiger partial charge on any atom is -0.268 e. The molecule has 1 atom stereocenters. The number of piperidine rings is 1. The van der Waals surface area contributed by atoms with Crippen LogP contribution in [0, 0.1) is 6.92 Å². The predicted octanol–water partition coefficient (Wildman–Crippen LogP) is 2.23. The van der Waals surface area contributed by atoms with Crippen molar-refractivity contribution >= 4 is 10.0 Å². The largest absolute Gasteiger partial charge is 0.268 e. The topological polar surface area (TPSA) is 83.1 Å². The first kappa shape index (κ1) is 17.8. The molecule has 0 spiro atoms. The van der Waals surface area contributed by atoms with Gasteiger partial charge in [0.2, 0.25) is 10.0 Å². The van der Waals surface area contributed by atoms with E-state index in [9.17, 15) is 13.2 Å². The van der Waals surface area contributed by atoms with E-state index < -0.39 is 10.0 Å². The third-order valence-electron chi connectivity index (χ3n) is 4.68. The van der Waals surface area contributed by atoms with E-state index in [1.54, 1.807) is 34.6 Å². The summed E-state index contributed by atoms with van der Waals surface area (Å²) in [6, 6.07) is 8.60. The number of aromatic nitrogens is 2. The molecule has 6 nitrogen and oxygen atoms in total. The van der Waals surface area contributed by atoms with Crippen LogP contribution in [0.5, 0.6) is 0 Å². The van der Waals surface area contributed by atoms with Crippen LogP contribution in [0.15, 0.2) is 40.0 Å². The van der Waals surface area contributed by atoms with E-state index in [4.69, 9.17) is 0 Å². The number of rotatable bonds is 4. The van der Waals surface area contributed by atoms with E-state index in [1.807, 2.05) is 13.8 Å². The average Bonchev–Trinajstić information content (AvgIpc) is 2.59. The van der Waals surface area contributed by atoms with Crippen LogP contribution in [0.2, 0.25) is 0 Å². The number of nitrogens with one attached hydrogen (secondary N) is 1. The first-order chi connectivity index (χ1) is 11.9. The Hall–Kier alpha value is -1.99. The highest BCUT2D eigenvalue weighted by molar-refractivity contribution is 7.89. The van der Waals surface area contributed by atoms with Gasteiger partial charge in [-0.05, 0) is 50.5 Å². The summed E-state index contributed by atoms with van der Waals surface area (Å²) in [7, 11) is -3.46. The molecule has 0 bridgehead atoms. The zero-order valence-electron chi connectivity index (χ0n) is 14.5. The van der Waals surface area contributed by atoms with Crippen molar-refractivity contribution in [3.8, 4) is 0 Å². The van der Waals surface area contributed by atoms with Gasteiger partial charge in [0.15, 0.2) is 0 Å². The van der Waals surface area contributed by atoms with Gasteiger partial charge in [-0.25, -0.2) is 13.5 Å². The quantitative estimate of drug-likeness (QED) is 0.905. The second-order valence-electron chi connectivity index (χ2n) is 6.64. The zero-order valence-corrected chi connectivity index (χ0v) is 15.3. The van der Waals surface area contributed by atoms with Crippen molar-refractivity contribution in [1.82, 2.24) is 14.5 Å². The lowest BCUT2D eigenvalue weighted by Gasteiger charge is -2.32. The van der Waals surface area contributed by atoms with Crippen molar-refractivity contribution in [3.63, 3.8) is 0 Å². The summed E-state index contributed by atoms with van der Waals surface area (Å²) >= 11 is 0. The zero-order chi connectivity index (χ0) is 18.0. The lowest BCUT2D eigenvalue weighted by atomic mass is 10.1. The number of hydrogen-bond donors (Lipinski definition) is 1. The summed E-state index contributed by atoms with van der Waals surface area (Å²) in [5.74, 6) is 0. The maximum atomic E-state index is 12.8. The van der Waals surface area contributed by atoms with Crippen molar-refractivity contribution < 1.29 is 8.42 Å². The molecule has 134 valence electrons. The second kappa shape index (κ2) is 7.09. The summed E-state index contributed by atoms with van der Waals surface area (Å²) in [5, 5.41) is 6.33. The first-order valence-corrected chi connectivity index (χ1v) is 9.98. The van der Waals surface area contributed by atoms with E-state index in [0.717, 1.165) is 30.5 Å². The standard InChI is InChI=1S/C18H23N3O3S/c1-13-11-16(18(22)20-19-13)12-15-6-8-17(9-7-15)25(23,24)21-10-4-3-5-14(21)2/h6-9,11,14H,3-5,10,12H2,1-2H3,(H,20,22)/t14-/m0/s1. The maximum Gasteiger partial charge on any atom is 0.267 e. The van der Waals surface area contributed by atoms with Gasteiger partial charge in [-0.15, -0.1) is 0 Å². The van der Waals surface area contributed by atoms with Crippen molar-refractivity contribution in [2.75, 3.05) is 6.54 Å². The molecule has 0 amide bonds. The van der Waals surface area contributed by atoms with Crippen LogP contribution >= 0.6 is 0 Å². The van der Waals surface area contributed by atoms with Crippen molar-refractivity contribution in [2.45, 2.75) is 50.5 Å². The molecule has 0 saturated carbocycles. The van der Waals surface area contributed by atoms with Crippen LogP contribution in [0.25, 0.3) is 0 Å². The normalized spacial score (nSPS) is 19.0. The number of hydrogen-bond acceptors (Lipinski definition) is 4. The highest BCUT2D eigenvalue weighted by Crippen LogP contribution is 2.25. The fraction of sp³-hybridized carbons (Fsp3) is 0.444. The summed E-state index contributed by atoms with van der Waals surface area (Å²) in [4.78, 5) is 12.1. The minimum atomic E-state index is -3.46. The van der Waals surface area contributed by atoms with Crippen LogP contribution in [-0.2, 0) is 16.4 Å². The van der Waals surface area contributed by atoms with Gasteiger partial charge in [-0.2, -0.15) is 9.40 Å². The van der Waals surface area contributed by atoms with Crippen molar-refractivity contribution in [2.24, 2.45) is 0 Å². The molecule has 0 radical (unpaired) electrons. The second-order valence-corrected chi connectivity index (χ2v) is 8.54. The Labute approximate surface area is 147 Å². The Balaban J connectivity index is 1.82. The molecule has 0 unspecified atom stereocenters. The number of sulfonamides is 1. The van der Waals surface area contributed by atoms with Gasteiger partial charge >= 0.3 is 0 Å². The summed E-state index contributed by atoms with van der Waals surface area (Å²) in [6.45, 7) is 4.36. The minimum absolute atomic E-state index is 0.0387. The Morgan fingerprint density at radius 3 is 2.64 bits per heavy atom. The molecule has 1 saturated heterocycles. The molecule has 25 heavy (non-hydrogen) atoms. The Morgan fingerprint density at radius 2 is 1.96 bits per heavy atom. The molecule has 2 heterocycles. The third-order valence-corrected chi connectivity index (χ3v) is 6.70. The lowest BCUT2D eigenvalue weighted by molar-refractivity contribution is 0.268. The summed E-state index contributed by atoms with van der Waals surface area (Å²) in [6.07, 6.45) is 3.33. The lowest BCUT2D eigenvalue weighted by Crippen LogP contribution is -2.41. The molecular weight excluding hydrogens is 338 g/mol. The molecule has 3 rings (SSSR count). The smallest absolute Gasteiger partial charge is 0.267 e. The highest BCUT2D eigenvalue weighted by Gasteiger charge is 2.30. The Bertz CT molecular complexity index is 904. The predicted molar refractivity (Wildman–Crippen MR) is 96.0 cm³/mol. The van der Waals surface area contributed by atoms with Gasteiger partial charge in [0, 0.05) is 24.6 Å². The fourth-order valence-corrected chi connectivity index (χ4v) is 4.95. The number of H-pyrrole nitrogens is 1. The number of nitrogens with zero attached hydrogens (tertiary/aromatic N) is 2. The average molecular weight is 361 g/mol. The van der Waals surface area contributed by atoms with Crippen molar-refractivity contribution in [3.05, 3.63) is 57.5 Å². The number of aryl methyl sites for hydroxylation is 1. The van der Waals surface area contributed by atoms with Crippen LogP contribution < -0.4 is 5.56 Å². The van der Waals surface area contributed by atoms with Gasteiger partial charge in [0.05, 0.1) is 10.6 Å². The van der Waals surface area contributed by atoms with Gasteiger partial charge in [0.25, 0.3) is 5.56 Å². The third kappa shape index (κ3) is 3.82. The molecule has 2 aromatic rings. The van der Waals surface area contributed by atoms with E-state index in [1.165, 1.54) is 0 Å². The fourth-order valence-electron chi connectivity index (χ4n) is 3.26. The Kier molecular flexibility index (Phi) is 5.06. The highest BCUT2D eigenvalue weighted by atomic mass is 32.2. The molecule has 1 N–H and O–H groups in total. The maximum absolute atomic E-state index is 12.8. The molecule has 0 aliphatic carbocycles. The van der Waals surface area contributed by atoms with E-state index in [0.29, 0.717) is 23.4 Å². The van der Waals surface area contributed by atoms with Gasteiger partial charge < -0.3 is 0 Å². The SMILES string of the molecule is Cc1cc(Cc2ccc(S(=O)(=O)N3CCCC[C@@H]3C)cc2)c(=O)[nH]n1. The molecule has 1 aliphatic heterocycles. The van der Waals surface area contributed by atoms with Crippen LogP contribution in [0.3, 0.4) is 0 Å². The van der Waals surface area contributed by atoms with Gasteiger partial charge in [-0.1, -0.05) is 18.6 Å². The number of benzene rings is 1. The van der Waals surface area contributed by atoms with Crippen molar-refractivity contribution in [1.29, 1.82) is 0 Å². The van der Waals surface area contributed by atoms with Gasteiger partial charge in [-0.3, -0.25) is 4.79 Å². The molecule has 7 heteroatoms. The Morgan fingerprint density at radius 1 is 1.24 bits per heavy atom. The van der Waals surface area contributed by atoms with Gasteiger partial charge in [0.1, 0.15) is 0 Å². The van der Waals surface area contributed by atoms with E-state index in [2.05, 4.69) is 10.2 Å². The number of aromatic amines is 1. The summed E-state index contributed by atoms with van der Waals surface area (Å²) in [5.41, 5.74) is 2.03. The first-order valence-electron chi connectivity index (χ1n) is 8.54. The van der Waals surface area contributed by atoms with Crippen LogP contribution in [-0.4, -0.2) is 35.5 Å². The molecule has 1 aliphatic rings. The molecule has 1 aromatic carbocycles. The summed E-state index contributed by atoms with van der Waals surface area (Å²) < 4.78 is 27.3. The monoisotopic (exact) mass is 361 g/mol.